The SMILES string of the molecule is C1=CC2C=CC1C1C=CC21. The van der Waals surface area contributed by atoms with Crippen molar-refractivity contribution in [2.24, 2.45) is 23.7 Å². The van der Waals surface area contributed by atoms with Crippen LogP contribution in [0.15, 0.2) is 36.5 Å². The molecule has 0 heteroatoms. The summed E-state index contributed by atoms with van der Waals surface area (Å²) in [5.41, 5.74) is 0. The molecule has 50 valence electrons. The smallest absolute Gasteiger partial charge is 0.00158 e. The summed E-state index contributed by atoms with van der Waals surface area (Å²) in [7, 11) is 0. The van der Waals surface area contributed by atoms with Crippen molar-refractivity contribution in [2.45, 2.75) is 0 Å². The molecule has 0 saturated heterocycles. The maximum Gasteiger partial charge on any atom is 0.00158 e. The molecule has 0 N–H and O–H groups in total. The van der Waals surface area contributed by atoms with Crippen molar-refractivity contribution in [3.63, 3.8) is 0 Å². The third-order valence-electron chi connectivity index (χ3n) is 3.00. The molecule has 0 amide bonds. The fraction of sp³-hybridized carbons (Fsp3) is 0.400. The van der Waals surface area contributed by atoms with Crippen LogP contribution in [0.1, 0.15) is 0 Å². The largest absolute Gasteiger partial charge is 0.0836 e. The van der Waals surface area contributed by atoms with Gasteiger partial charge in [0.1, 0.15) is 0 Å². The Hall–Kier alpha value is -0.780. The highest BCUT2D eigenvalue weighted by Crippen LogP contribution is 2.46. The highest BCUT2D eigenvalue weighted by molar-refractivity contribution is 5.32. The van der Waals surface area contributed by atoms with Crippen LogP contribution in [-0.2, 0) is 0 Å². The van der Waals surface area contributed by atoms with Gasteiger partial charge in [0.2, 0.25) is 0 Å². The molecule has 10 heavy (non-hydrogen) atoms. The molecule has 0 nitrogen and oxygen atoms in total. The zero-order valence-electron chi connectivity index (χ0n) is 5.77. The number of hydrogen-bond acceptors (Lipinski definition) is 0. The average Bonchev–Trinajstić information content (AvgIpc) is 1.88. The minimum absolute atomic E-state index is 0.736. The summed E-state index contributed by atoms with van der Waals surface area (Å²) in [4.78, 5) is 0. The standard InChI is InChI=1S/C10H10/c1-2-8-4-3-7(1)9-5-6-10(8)9/h1-10H. The van der Waals surface area contributed by atoms with E-state index in [9.17, 15) is 0 Å². The Balaban J connectivity index is 2.11. The van der Waals surface area contributed by atoms with Gasteiger partial charge in [-0.25, -0.2) is 0 Å². The average molecular weight is 130 g/mol. The van der Waals surface area contributed by atoms with E-state index in [1.54, 1.807) is 0 Å². The molecule has 0 aromatic heterocycles. The molecule has 0 aliphatic heterocycles. The number of rotatable bonds is 0. The van der Waals surface area contributed by atoms with Crippen molar-refractivity contribution in [3.05, 3.63) is 36.5 Å². The summed E-state index contributed by atoms with van der Waals surface area (Å²) in [5.74, 6) is 3.19. The van der Waals surface area contributed by atoms with Crippen LogP contribution in [0.2, 0.25) is 0 Å². The molecule has 0 fully saturated rings. The molecule has 0 spiro atoms. The first-order valence-corrected chi connectivity index (χ1v) is 4.00. The third-order valence-corrected chi connectivity index (χ3v) is 3.00. The first-order chi connectivity index (χ1) is 4.95. The summed E-state index contributed by atoms with van der Waals surface area (Å²) in [6, 6.07) is 0. The van der Waals surface area contributed by atoms with E-state index >= 15 is 0 Å². The molecule has 0 saturated carbocycles. The highest BCUT2D eigenvalue weighted by Gasteiger charge is 2.38. The second-order valence-corrected chi connectivity index (χ2v) is 3.46. The lowest BCUT2D eigenvalue weighted by Gasteiger charge is -2.43. The van der Waals surface area contributed by atoms with Gasteiger partial charge in [0, 0.05) is 11.8 Å². The Morgan fingerprint density at radius 3 is 1.10 bits per heavy atom. The van der Waals surface area contributed by atoms with Crippen LogP contribution in [0.5, 0.6) is 0 Å². The molecule has 4 aliphatic rings. The summed E-state index contributed by atoms with van der Waals surface area (Å²) in [6.07, 6.45) is 14.1. The van der Waals surface area contributed by atoms with Gasteiger partial charge in [-0.1, -0.05) is 36.5 Å². The van der Waals surface area contributed by atoms with E-state index in [0.29, 0.717) is 0 Å². The van der Waals surface area contributed by atoms with Crippen LogP contribution in [0.3, 0.4) is 0 Å². The second-order valence-electron chi connectivity index (χ2n) is 3.46. The zero-order chi connectivity index (χ0) is 6.55. The van der Waals surface area contributed by atoms with Gasteiger partial charge in [0.25, 0.3) is 0 Å². The molecular weight excluding hydrogens is 120 g/mol. The first-order valence-electron chi connectivity index (χ1n) is 4.00. The van der Waals surface area contributed by atoms with Gasteiger partial charge in [-0.3, -0.25) is 0 Å². The Bertz CT molecular complexity index is 207. The van der Waals surface area contributed by atoms with Crippen LogP contribution >= 0.6 is 0 Å². The van der Waals surface area contributed by atoms with Crippen molar-refractivity contribution in [1.82, 2.24) is 0 Å². The van der Waals surface area contributed by atoms with E-state index in [-0.39, 0.29) is 0 Å². The Kier molecular flexibility index (Phi) is 0.715. The van der Waals surface area contributed by atoms with Gasteiger partial charge in [0.05, 0.1) is 0 Å². The van der Waals surface area contributed by atoms with Crippen LogP contribution in [0, 0.1) is 23.7 Å². The van der Waals surface area contributed by atoms with Crippen molar-refractivity contribution in [2.75, 3.05) is 0 Å². The van der Waals surface area contributed by atoms with Gasteiger partial charge in [0.15, 0.2) is 0 Å². The molecule has 0 unspecified atom stereocenters. The van der Waals surface area contributed by atoms with E-state index < -0.39 is 0 Å². The Morgan fingerprint density at radius 1 is 0.500 bits per heavy atom. The quantitative estimate of drug-likeness (QED) is 0.441. The van der Waals surface area contributed by atoms with Gasteiger partial charge >= 0.3 is 0 Å². The maximum atomic E-state index is 2.36. The molecule has 2 bridgehead atoms. The zero-order valence-corrected chi connectivity index (χ0v) is 5.77. The summed E-state index contributed by atoms with van der Waals surface area (Å²) in [6.45, 7) is 0. The summed E-state index contributed by atoms with van der Waals surface area (Å²) < 4.78 is 0. The topological polar surface area (TPSA) is 0 Å². The Labute approximate surface area is 60.9 Å². The van der Waals surface area contributed by atoms with E-state index in [2.05, 4.69) is 36.5 Å². The van der Waals surface area contributed by atoms with Crippen LogP contribution in [0.25, 0.3) is 0 Å². The second kappa shape index (κ2) is 1.45. The predicted molar refractivity (Wildman–Crippen MR) is 41.4 cm³/mol. The minimum Gasteiger partial charge on any atom is -0.0836 e. The lowest BCUT2D eigenvalue weighted by Crippen LogP contribution is -2.35. The van der Waals surface area contributed by atoms with E-state index in [4.69, 9.17) is 0 Å². The number of hydrogen-bond donors (Lipinski definition) is 0. The van der Waals surface area contributed by atoms with E-state index in [1.165, 1.54) is 0 Å². The minimum atomic E-state index is 0.736. The van der Waals surface area contributed by atoms with Gasteiger partial charge in [-0.05, 0) is 11.8 Å². The van der Waals surface area contributed by atoms with Gasteiger partial charge in [-0.15, -0.1) is 0 Å². The van der Waals surface area contributed by atoms with Crippen molar-refractivity contribution in [3.8, 4) is 0 Å². The highest BCUT2D eigenvalue weighted by atomic mass is 14.4. The fourth-order valence-electron chi connectivity index (χ4n) is 2.29. The van der Waals surface area contributed by atoms with Crippen LogP contribution in [-0.4, -0.2) is 0 Å². The van der Waals surface area contributed by atoms with E-state index in [0.717, 1.165) is 23.7 Å². The molecule has 0 aromatic carbocycles. The van der Waals surface area contributed by atoms with Crippen molar-refractivity contribution >= 4 is 0 Å². The summed E-state index contributed by atoms with van der Waals surface area (Å²) in [5, 5.41) is 0. The maximum absolute atomic E-state index is 2.36. The van der Waals surface area contributed by atoms with E-state index in [1.807, 2.05) is 0 Å². The Morgan fingerprint density at radius 2 is 0.900 bits per heavy atom. The third kappa shape index (κ3) is 0.406. The van der Waals surface area contributed by atoms with Crippen LogP contribution < -0.4 is 0 Å². The molecule has 4 aliphatic carbocycles. The lowest BCUT2D eigenvalue weighted by atomic mass is 9.61. The fourth-order valence-corrected chi connectivity index (χ4v) is 2.29. The monoisotopic (exact) mass is 130 g/mol. The molecule has 4 rings (SSSR count). The van der Waals surface area contributed by atoms with Gasteiger partial charge in [-0.2, -0.15) is 0 Å². The normalized spacial score (nSPS) is 52.8. The van der Waals surface area contributed by atoms with Crippen LogP contribution in [0.4, 0.5) is 0 Å². The molecular formula is C10H10. The van der Waals surface area contributed by atoms with Gasteiger partial charge < -0.3 is 0 Å². The van der Waals surface area contributed by atoms with Crippen molar-refractivity contribution < 1.29 is 0 Å². The predicted octanol–water partition coefficient (Wildman–Crippen LogP) is 2.16. The molecule has 0 heterocycles. The molecule has 0 aromatic rings. The van der Waals surface area contributed by atoms with Crippen molar-refractivity contribution in [1.29, 1.82) is 0 Å². The first kappa shape index (κ1) is 4.95. The lowest BCUT2D eigenvalue weighted by molar-refractivity contribution is 0.293. The molecule has 0 atom stereocenters. The number of allylic oxidation sites excluding steroid dienone is 6. The molecule has 0 radical (unpaired) electrons. The summed E-state index contributed by atoms with van der Waals surface area (Å²) >= 11 is 0.